The average Bonchev–Trinajstić information content (AvgIpc) is 3.13. The van der Waals surface area contributed by atoms with Crippen molar-refractivity contribution in [1.29, 1.82) is 0 Å². The van der Waals surface area contributed by atoms with E-state index in [1.807, 2.05) is 12.1 Å². The number of ether oxygens (including phenoxy) is 1. The van der Waals surface area contributed by atoms with Crippen LogP contribution < -0.4 is 5.73 Å². The summed E-state index contributed by atoms with van der Waals surface area (Å²) in [5.41, 5.74) is 6.63. The van der Waals surface area contributed by atoms with Crippen LogP contribution in [0.1, 0.15) is 29.8 Å². The Labute approximate surface area is 151 Å². The lowest BCUT2D eigenvalue weighted by Gasteiger charge is -2.31. The normalized spacial score (nSPS) is 15.5. The second-order valence-electron chi connectivity index (χ2n) is 6.09. The molecule has 2 N–H and O–H groups in total. The Hall–Kier alpha value is -1.89. The van der Waals surface area contributed by atoms with Gasteiger partial charge >= 0.3 is 0 Å². The summed E-state index contributed by atoms with van der Waals surface area (Å²) in [7, 11) is 0. The van der Waals surface area contributed by atoms with Crippen LogP contribution in [0.2, 0.25) is 5.02 Å². The van der Waals surface area contributed by atoms with Gasteiger partial charge in [-0.25, -0.2) is 0 Å². The van der Waals surface area contributed by atoms with Crippen molar-refractivity contribution >= 4 is 17.5 Å². The van der Waals surface area contributed by atoms with E-state index in [9.17, 15) is 4.79 Å². The van der Waals surface area contributed by atoms with Crippen LogP contribution >= 0.6 is 11.6 Å². The lowest BCUT2D eigenvalue weighted by atomic mass is 10.1. The van der Waals surface area contributed by atoms with Crippen molar-refractivity contribution in [3.8, 4) is 11.3 Å². The molecule has 3 rings (SSSR count). The fourth-order valence-corrected chi connectivity index (χ4v) is 2.97. The van der Waals surface area contributed by atoms with Crippen molar-refractivity contribution in [3.05, 3.63) is 41.0 Å². The lowest BCUT2D eigenvalue weighted by Crippen LogP contribution is -2.41. The number of likely N-dealkylation sites (tertiary alicyclic amines) is 1. The predicted molar refractivity (Wildman–Crippen MR) is 95.5 cm³/mol. The maximum atomic E-state index is 12.6. The number of aromatic nitrogens is 1. The number of nitrogens with two attached hydrogens (primary N) is 1. The summed E-state index contributed by atoms with van der Waals surface area (Å²) in [4.78, 5) is 14.4. The second kappa shape index (κ2) is 8.47. The Morgan fingerprint density at radius 1 is 1.32 bits per heavy atom. The molecule has 0 bridgehead atoms. The highest BCUT2D eigenvalue weighted by molar-refractivity contribution is 6.30. The molecule has 0 saturated carbocycles. The lowest BCUT2D eigenvalue weighted by molar-refractivity contribution is 0.00820. The Morgan fingerprint density at radius 3 is 2.72 bits per heavy atom. The number of amides is 1. The number of rotatable bonds is 6. The Balaban J connectivity index is 1.56. The summed E-state index contributed by atoms with van der Waals surface area (Å²) in [6.45, 7) is 2.65. The van der Waals surface area contributed by atoms with Gasteiger partial charge in [0.15, 0.2) is 11.5 Å². The second-order valence-corrected chi connectivity index (χ2v) is 6.52. The molecule has 0 radical (unpaired) electrons. The van der Waals surface area contributed by atoms with Gasteiger partial charge in [0, 0.05) is 36.3 Å². The summed E-state index contributed by atoms with van der Waals surface area (Å²) in [6, 6.07) is 8.89. The van der Waals surface area contributed by atoms with E-state index in [1.54, 1.807) is 23.1 Å². The number of halogens is 1. The molecule has 0 unspecified atom stereocenters. The van der Waals surface area contributed by atoms with Crippen LogP contribution in [-0.4, -0.2) is 48.3 Å². The molecule has 1 aromatic heterocycles. The topological polar surface area (TPSA) is 81.6 Å². The number of carbonyl (C=O) groups is 1. The van der Waals surface area contributed by atoms with E-state index in [0.29, 0.717) is 42.7 Å². The van der Waals surface area contributed by atoms with Crippen LogP contribution in [0.3, 0.4) is 0 Å². The van der Waals surface area contributed by atoms with Crippen LogP contribution in [-0.2, 0) is 4.74 Å². The fraction of sp³-hybridized carbons (Fsp3) is 0.444. The highest BCUT2D eigenvalue weighted by Crippen LogP contribution is 2.23. The van der Waals surface area contributed by atoms with E-state index in [-0.39, 0.29) is 12.0 Å². The molecule has 0 aliphatic carbocycles. The summed E-state index contributed by atoms with van der Waals surface area (Å²) in [5.74, 6) is 0.449. The molecule has 1 amide bonds. The monoisotopic (exact) mass is 363 g/mol. The van der Waals surface area contributed by atoms with E-state index in [0.717, 1.165) is 24.8 Å². The van der Waals surface area contributed by atoms with Crippen LogP contribution in [0.4, 0.5) is 0 Å². The minimum Gasteiger partial charge on any atom is -0.378 e. The van der Waals surface area contributed by atoms with Gasteiger partial charge in [-0.2, -0.15) is 0 Å². The minimum atomic E-state index is -0.107. The van der Waals surface area contributed by atoms with Crippen molar-refractivity contribution in [2.24, 2.45) is 5.73 Å². The van der Waals surface area contributed by atoms with Gasteiger partial charge < -0.3 is 19.9 Å². The van der Waals surface area contributed by atoms with E-state index >= 15 is 0 Å². The quantitative estimate of drug-likeness (QED) is 0.798. The SMILES string of the molecule is NCCCOC1CCN(C(=O)c2cc(-c3ccc(Cl)cc3)on2)CC1. The third-order valence-electron chi connectivity index (χ3n) is 4.29. The molecule has 2 aromatic rings. The van der Waals surface area contributed by atoms with Crippen molar-refractivity contribution < 1.29 is 14.1 Å². The predicted octanol–water partition coefficient (Wildman–Crippen LogP) is 2.97. The van der Waals surface area contributed by atoms with Gasteiger partial charge in [0.25, 0.3) is 5.91 Å². The number of hydrogen-bond donors (Lipinski definition) is 1. The summed E-state index contributed by atoms with van der Waals surface area (Å²) in [6.07, 6.45) is 2.74. The molecule has 0 spiro atoms. The van der Waals surface area contributed by atoms with Crippen LogP contribution in [0.25, 0.3) is 11.3 Å². The Kier molecular flexibility index (Phi) is 6.07. The molecular weight excluding hydrogens is 342 g/mol. The van der Waals surface area contributed by atoms with Gasteiger partial charge in [-0.15, -0.1) is 0 Å². The molecule has 7 heteroatoms. The smallest absolute Gasteiger partial charge is 0.276 e. The zero-order valence-electron chi connectivity index (χ0n) is 14.0. The van der Waals surface area contributed by atoms with Crippen LogP contribution in [0, 0.1) is 0 Å². The average molecular weight is 364 g/mol. The first kappa shape index (κ1) is 17.9. The van der Waals surface area contributed by atoms with Gasteiger partial charge in [0.05, 0.1) is 6.10 Å². The first-order chi connectivity index (χ1) is 12.2. The summed E-state index contributed by atoms with van der Waals surface area (Å²) < 4.78 is 11.1. The third-order valence-corrected chi connectivity index (χ3v) is 4.54. The molecule has 0 atom stereocenters. The molecule has 25 heavy (non-hydrogen) atoms. The minimum absolute atomic E-state index is 0.107. The Bertz CT molecular complexity index is 694. The molecule has 1 fully saturated rings. The molecule has 2 heterocycles. The zero-order valence-corrected chi connectivity index (χ0v) is 14.7. The van der Waals surface area contributed by atoms with Crippen molar-refractivity contribution in [2.75, 3.05) is 26.2 Å². The van der Waals surface area contributed by atoms with Crippen molar-refractivity contribution in [3.63, 3.8) is 0 Å². The first-order valence-electron chi connectivity index (χ1n) is 8.51. The Morgan fingerprint density at radius 2 is 2.04 bits per heavy atom. The van der Waals surface area contributed by atoms with Gasteiger partial charge in [0.2, 0.25) is 0 Å². The summed E-state index contributed by atoms with van der Waals surface area (Å²) >= 11 is 5.88. The molecule has 6 nitrogen and oxygen atoms in total. The number of carbonyl (C=O) groups excluding carboxylic acids is 1. The molecule has 1 aliphatic heterocycles. The molecule has 1 aromatic carbocycles. The standard InChI is InChI=1S/C18H22ClN3O3/c19-14-4-2-13(3-5-14)17-12-16(21-25-17)18(23)22-9-6-15(7-10-22)24-11-1-8-20/h2-5,12,15H,1,6-11,20H2. The van der Waals surface area contributed by atoms with Crippen LogP contribution in [0.15, 0.2) is 34.9 Å². The maximum Gasteiger partial charge on any atom is 0.276 e. The van der Waals surface area contributed by atoms with Crippen LogP contribution in [0.5, 0.6) is 0 Å². The van der Waals surface area contributed by atoms with Gasteiger partial charge in [-0.05, 0) is 50.1 Å². The highest BCUT2D eigenvalue weighted by atomic mass is 35.5. The van der Waals surface area contributed by atoms with E-state index < -0.39 is 0 Å². The van der Waals surface area contributed by atoms with E-state index in [2.05, 4.69) is 5.16 Å². The maximum absolute atomic E-state index is 12.6. The number of hydrogen-bond acceptors (Lipinski definition) is 5. The molecular formula is C18H22ClN3O3. The van der Waals surface area contributed by atoms with Crippen molar-refractivity contribution in [2.45, 2.75) is 25.4 Å². The fourth-order valence-electron chi connectivity index (χ4n) is 2.85. The number of nitrogens with zero attached hydrogens (tertiary/aromatic N) is 2. The van der Waals surface area contributed by atoms with E-state index in [4.69, 9.17) is 26.6 Å². The van der Waals surface area contributed by atoms with E-state index in [1.165, 1.54) is 0 Å². The van der Waals surface area contributed by atoms with Gasteiger partial charge in [0.1, 0.15) is 0 Å². The highest BCUT2D eigenvalue weighted by Gasteiger charge is 2.26. The molecule has 1 aliphatic rings. The van der Waals surface area contributed by atoms with Gasteiger partial charge in [-0.3, -0.25) is 4.79 Å². The summed E-state index contributed by atoms with van der Waals surface area (Å²) in [5, 5.41) is 4.57. The third kappa shape index (κ3) is 4.60. The number of benzene rings is 1. The molecule has 134 valence electrons. The zero-order chi connectivity index (χ0) is 17.6. The number of piperidine rings is 1. The van der Waals surface area contributed by atoms with Gasteiger partial charge in [-0.1, -0.05) is 16.8 Å². The first-order valence-corrected chi connectivity index (χ1v) is 8.89. The van der Waals surface area contributed by atoms with Crippen molar-refractivity contribution in [1.82, 2.24) is 10.1 Å². The largest absolute Gasteiger partial charge is 0.378 e. The molecule has 1 saturated heterocycles.